The minimum absolute atomic E-state index is 0.00408. The van der Waals surface area contributed by atoms with Crippen LogP contribution in [0.25, 0.3) is 0 Å². The number of carbonyl (C=O) groups excluding carboxylic acids is 4. The number of nitrogens with one attached hydrogen (secondary N) is 3. The summed E-state index contributed by atoms with van der Waals surface area (Å²) in [7, 11) is 0. The second-order valence-corrected chi connectivity index (χ2v) is 8.97. The molecule has 5 amide bonds. The van der Waals surface area contributed by atoms with Gasteiger partial charge in [0.15, 0.2) is 0 Å². The summed E-state index contributed by atoms with van der Waals surface area (Å²) in [6, 6.07) is 6.10. The van der Waals surface area contributed by atoms with Crippen LogP contribution < -0.4 is 16.0 Å². The fourth-order valence-corrected chi connectivity index (χ4v) is 4.31. The Balaban J connectivity index is 1.53. The van der Waals surface area contributed by atoms with Crippen molar-refractivity contribution in [2.24, 2.45) is 5.92 Å². The zero-order valence-electron chi connectivity index (χ0n) is 19.6. The first kappa shape index (κ1) is 24.7. The van der Waals surface area contributed by atoms with Crippen molar-refractivity contribution < 1.29 is 23.9 Å². The molecule has 33 heavy (non-hydrogen) atoms. The van der Waals surface area contributed by atoms with Crippen molar-refractivity contribution in [3.8, 4) is 0 Å². The highest BCUT2D eigenvalue weighted by molar-refractivity contribution is 6.02. The molecule has 3 rings (SSSR count). The van der Waals surface area contributed by atoms with Gasteiger partial charge < -0.3 is 20.7 Å². The molecule has 0 aliphatic carbocycles. The third-order valence-electron chi connectivity index (χ3n) is 5.68. The number of anilines is 2. The fraction of sp³-hybridized carbons (Fsp3) is 0.565. The van der Waals surface area contributed by atoms with Crippen LogP contribution in [-0.4, -0.2) is 78.0 Å². The number of hydrogen-bond acceptors (Lipinski definition) is 6. The number of ether oxygens (including phenoxy) is 1. The van der Waals surface area contributed by atoms with Crippen molar-refractivity contribution in [3.63, 3.8) is 0 Å². The lowest BCUT2D eigenvalue weighted by atomic mass is 9.99. The van der Waals surface area contributed by atoms with Crippen LogP contribution in [-0.2, 0) is 19.1 Å². The maximum atomic E-state index is 13.1. The van der Waals surface area contributed by atoms with Crippen LogP contribution >= 0.6 is 0 Å². The molecular weight excluding hydrogens is 426 g/mol. The second kappa shape index (κ2) is 10.8. The summed E-state index contributed by atoms with van der Waals surface area (Å²) >= 11 is 0. The van der Waals surface area contributed by atoms with E-state index in [0.29, 0.717) is 24.5 Å². The van der Waals surface area contributed by atoms with Gasteiger partial charge in [-0.25, -0.2) is 4.79 Å². The van der Waals surface area contributed by atoms with Gasteiger partial charge in [0.1, 0.15) is 0 Å². The van der Waals surface area contributed by atoms with Gasteiger partial charge in [0.05, 0.1) is 24.8 Å². The van der Waals surface area contributed by atoms with Crippen molar-refractivity contribution in [1.29, 1.82) is 0 Å². The van der Waals surface area contributed by atoms with E-state index in [4.69, 9.17) is 4.74 Å². The van der Waals surface area contributed by atoms with E-state index in [1.807, 2.05) is 27.7 Å². The number of urea groups is 1. The molecule has 180 valence electrons. The Morgan fingerprint density at radius 3 is 2.15 bits per heavy atom. The summed E-state index contributed by atoms with van der Waals surface area (Å²) in [6.07, 6.45) is 0.150. The van der Waals surface area contributed by atoms with Crippen LogP contribution in [0.4, 0.5) is 16.2 Å². The van der Waals surface area contributed by atoms with Gasteiger partial charge in [0.2, 0.25) is 17.7 Å². The number of imide groups is 1. The van der Waals surface area contributed by atoms with E-state index in [1.54, 1.807) is 24.3 Å². The predicted octanol–water partition coefficient (Wildman–Crippen LogP) is 1.64. The minimum atomic E-state index is -0.478. The number of amides is 5. The monoisotopic (exact) mass is 459 g/mol. The SMILES string of the molecule is CC1CN(C(C(=O)Nc2ccc(NC(=O)CCN3C(=O)CNC3=O)cc2)C(C)C)CC(C)O1. The highest BCUT2D eigenvalue weighted by Gasteiger charge is 2.34. The normalized spacial score (nSPS) is 22.3. The lowest BCUT2D eigenvalue weighted by Gasteiger charge is -2.41. The van der Waals surface area contributed by atoms with Gasteiger partial charge in [0, 0.05) is 37.4 Å². The lowest BCUT2D eigenvalue weighted by molar-refractivity contribution is -0.130. The van der Waals surface area contributed by atoms with Crippen molar-refractivity contribution in [2.75, 3.05) is 36.8 Å². The van der Waals surface area contributed by atoms with Gasteiger partial charge in [-0.15, -0.1) is 0 Å². The standard InChI is InChI=1S/C23H33N5O5/c1-14(2)21(27-12-15(3)33-16(4)13-27)22(31)26-18-7-5-17(6-8-18)25-19(29)9-10-28-20(30)11-24-23(28)32/h5-8,14-16,21H,9-13H2,1-4H3,(H,24,32)(H,25,29)(H,26,31). The van der Waals surface area contributed by atoms with Crippen molar-refractivity contribution >= 4 is 35.1 Å². The Kier molecular flexibility index (Phi) is 8.04. The Labute approximate surface area is 194 Å². The second-order valence-electron chi connectivity index (χ2n) is 8.97. The van der Waals surface area contributed by atoms with Crippen LogP contribution in [0, 0.1) is 5.92 Å². The highest BCUT2D eigenvalue weighted by atomic mass is 16.5. The first-order chi connectivity index (χ1) is 15.6. The summed E-state index contributed by atoms with van der Waals surface area (Å²) in [4.78, 5) is 51.5. The molecule has 2 saturated heterocycles. The molecule has 3 atom stereocenters. The number of rotatable bonds is 8. The zero-order chi connectivity index (χ0) is 24.1. The van der Waals surface area contributed by atoms with E-state index in [2.05, 4.69) is 20.9 Å². The lowest BCUT2D eigenvalue weighted by Crippen LogP contribution is -2.55. The molecule has 2 fully saturated rings. The molecule has 0 aromatic heterocycles. The van der Waals surface area contributed by atoms with Gasteiger partial charge in [-0.3, -0.25) is 24.2 Å². The quantitative estimate of drug-likeness (QED) is 0.509. The molecule has 0 radical (unpaired) electrons. The summed E-state index contributed by atoms with van der Waals surface area (Å²) in [5.41, 5.74) is 1.20. The summed E-state index contributed by atoms with van der Waals surface area (Å²) < 4.78 is 5.80. The van der Waals surface area contributed by atoms with E-state index in [9.17, 15) is 19.2 Å². The van der Waals surface area contributed by atoms with Crippen LogP contribution in [0.1, 0.15) is 34.1 Å². The van der Waals surface area contributed by atoms with E-state index < -0.39 is 6.03 Å². The maximum Gasteiger partial charge on any atom is 0.324 e. The number of morpholine rings is 1. The first-order valence-electron chi connectivity index (χ1n) is 11.3. The maximum absolute atomic E-state index is 13.1. The van der Waals surface area contributed by atoms with Crippen LogP contribution in [0.2, 0.25) is 0 Å². The molecule has 1 aromatic rings. The van der Waals surface area contributed by atoms with E-state index >= 15 is 0 Å². The molecular formula is C23H33N5O5. The van der Waals surface area contributed by atoms with Crippen LogP contribution in [0.3, 0.4) is 0 Å². The number of carbonyl (C=O) groups is 4. The smallest absolute Gasteiger partial charge is 0.324 e. The van der Waals surface area contributed by atoms with Gasteiger partial charge in [0.25, 0.3) is 0 Å². The molecule has 0 saturated carbocycles. The highest BCUT2D eigenvalue weighted by Crippen LogP contribution is 2.21. The number of hydrogen-bond donors (Lipinski definition) is 3. The Morgan fingerprint density at radius 1 is 1.06 bits per heavy atom. The molecule has 1 aromatic carbocycles. The average Bonchev–Trinajstić information content (AvgIpc) is 3.04. The Bertz CT molecular complexity index is 862. The molecule has 10 nitrogen and oxygen atoms in total. The zero-order valence-corrected chi connectivity index (χ0v) is 19.6. The molecule has 0 bridgehead atoms. The Morgan fingerprint density at radius 2 is 1.64 bits per heavy atom. The van der Waals surface area contributed by atoms with Crippen molar-refractivity contribution in [1.82, 2.24) is 15.1 Å². The third kappa shape index (κ3) is 6.52. The molecule has 10 heteroatoms. The number of benzene rings is 1. The van der Waals surface area contributed by atoms with E-state index in [1.165, 1.54) is 0 Å². The third-order valence-corrected chi connectivity index (χ3v) is 5.68. The van der Waals surface area contributed by atoms with Crippen LogP contribution in [0.5, 0.6) is 0 Å². The predicted molar refractivity (Wildman–Crippen MR) is 124 cm³/mol. The molecule has 2 aliphatic heterocycles. The topological polar surface area (TPSA) is 120 Å². The molecule has 3 unspecified atom stereocenters. The summed E-state index contributed by atoms with van der Waals surface area (Å²) in [5, 5.41) is 8.13. The van der Waals surface area contributed by atoms with Crippen LogP contribution in [0.15, 0.2) is 24.3 Å². The van der Waals surface area contributed by atoms with Crippen molar-refractivity contribution in [3.05, 3.63) is 24.3 Å². The summed E-state index contributed by atoms with van der Waals surface area (Å²) in [6.45, 7) is 9.51. The number of nitrogens with zero attached hydrogens (tertiary/aromatic N) is 2. The van der Waals surface area contributed by atoms with E-state index in [0.717, 1.165) is 4.90 Å². The molecule has 2 aliphatic rings. The van der Waals surface area contributed by atoms with Gasteiger partial charge in [-0.05, 0) is 44.0 Å². The largest absolute Gasteiger partial charge is 0.373 e. The molecule has 0 spiro atoms. The first-order valence-corrected chi connectivity index (χ1v) is 11.3. The molecule has 3 N–H and O–H groups in total. The van der Waals surface area contributed by atoms with Gasteiger partial charge in [-0.1, -0.05) is 13.8 Å². The summed E-state index contributed by atoms with van der Waals surface area (Å²) in [5.74, 6) is -0.592. The minimum Gasteiger partial charge on any atom is -0.373 e. The van der Waals surface area contributed by atoms with Gasteiger partial charge >= 0.3 is 6.03 Å². The molecule has 2 heterocycles. The van der Waals surface area contributed by atoms with E-state index in [-0.39, 0.29) is 61.4 Å². The Hall–Kier alpha value is -2.98. The average molecular weight is 460 g/mol. The van der Waals surface area contributed by atoms with Gasteiger partial charge in [-0.2, -0.15) is 0 Å². The van der Waals surface area contributed by atoms with Crippen molar-refractivity contribution in [2.45, 2.75) is 52.4 Å². The fourth-order valence-electron chi connectivity index (χ4n) is 4.31.